The molecule has 0 aliphatic heterocycles. The second-order valence-corrected chi connectivity index (χ2v) is 5.21. The minimum absolute atomic E-state index is 0.0673. The van der Waals surface area contributed by atoms with Crippen LogP contribution in [0.1, 0.15) is 31.2 Å². The number of carbonyl (C=O) groups excluding carboxylic acids is 1. The molecular formula is C15H21NO2. The van der Waals surface area contributed by atoms with Gasteiger partial charge in [-0.3, -0.25) is 4.79 Å². The van der Waals surface area contributed by atoms with Gasteiger partial charge in [0.1, 0.15) is 0 Å². The lowest BCUT2D eigenvalue weighted by molar-refractivity contribution is -0.146. The van der Waals surface area contributed by atoms with Crippen LogP contribution >= 0.6 is 0 Å². The van der Waals surface area contributed by atoms with Gasteiger partial charge in [-0.2, -0.15) is 0 Å². The molecule has 1 fully saturated rings. The van der Waals surface area contributed by atoms with Crippen LogP contribution in [0.25, 0.3) is 0 Å². The van der Waals surface area contributed by atoms with Crippen LogP contribution in [-0.4, -0.2) is 26.2 Å². The summed E-state index contributed by atoms with van der Waals surface area (Å²) >= 11 is 0. The predicted molar refractivity (Wildman–Crippen MR) is 71.4 cm³/mol. The van der Waals surface area contributed by atoms with Crippen molar-refractivity contribution in [1.82, 2.24) is 5.32 Å². The van der Waals surface area contributed by atoms with Crippen LogP contribution < -0.4 is 5.32 Å². The Morgan fingerprint density at radius 3 is 2.61 bits per heavy atom. The number of hydrogen-bond acceptors (Lipinski definition) is 3. The van der Waals surface area contributed by atoms with Crippen LogP contribution in [0.3, 0.4) is 0 Å². The number of esters is 1. The van der Waals surface area contributed by atoms with Crippen molar-refractivity contribution >= 4 is 5.97 Å². The first kappa shape index (κ1) is 13.1. The van der Waals surface area contributed by atoms with Crippen molar-refractivity contribution in [1.29, 1.82) is 0 Å². The molecule has 0 aromatic heterocycles. The van der Waals surface area contributed by atoms with Gasteiger partial charge in [-0.05, 0) is 24.3 Å². The minimum atomic E-state index is -0.231. The fraction of sp³-hybridized carbons (Fsp3) is 0.533. The summed E-state index contributed by atoms with van der Waals surface area (Å²) in [6.07, 6.45) is 1.90. The van der Waals surface area contributed by atoms with Crippen LogP contribution in [0, 0.1) is 5.41 Å². The number of ether oxygens (including phenoxy) is 1. The number of methoxy groups -OCH3 is 1. The van der Waals surface area contributed by atoms with Gasteiger partial charge in [0, 0.05) is 13.1 Å². The van der Waals surface area contributed by atoms with E-state index in [9.17, 15) is 4.79 Å². The van der Waals surface area contributed by atoms with Crippen molar-refractivity contribution in [3.8, 4) is 0 Å². The normalized spacial score (nSPS) is 18.1. The van der Waals surface area contributed by atoms with Gasteiger partial charge in [0.15, 0.2) is 0 Å². The lowest BCUT2D eigenvalue weighted by Gasteiger charge is -2.17. The lowest BCUT2D eigenvalue weighted by atomic mass is 10.0. The average molecular weight is 247 g/mol. The fourth-order valence-electron chi connectivity index (χ4n) is 2.25. The molecule has 1 aromatic carbocycles. The zero-order valence-corrected chi connectivity index (χ0v) is 11.1. The van der Waals surface area contributed by atoms with Crippen molar-refractivity contribution in [3.63, 3.8) is 0 Å². The first-order valence-corrected chi connectivity index (χ1v) is 6.52. The number of benzene rings is 1. The fourth-order valence-corrected chi connectivity index (χ4v) is 2.25. The van der Waals surface area contributed by atoms with Gasteiger partial charge in [-0.1, -0.05) is 37.3 Å². The maximum atomic E-state index is 11.6. The SMILES string of the molecule is COC(=O)C1(CNCC(C)c2ccccc2)CC1. The molecule has 0 spiro atoms. The number of carbonyl (C=O) groups is 1. The smallest absolute Gasteiger partial charge is 0.313 e. The summed E-state index contributed by atoms with van der Waals surface area (Å²) in [4.78, 5) is 11.6. The highest BCUT2D eigenvalue weighted by molar-refractivity contribution is 5.80. The first-order chi connectivity index (χ1) is 8.68. The summed E-state index contributed by atoms with van der Waals surface area (Å²) in [5, 5.41) is 3.40. The summed E-state index contributed by atoms with van der Waals surface area (Å²) in [5.41, 5.74) is 1.10. The molecule has 1 atom stereocenters. The molecule has 98 valence electrons. The van der Waals surface area contributed by atoms with Crippen LogP contribution in [0.15, 0.2) is 30.3 Å². The Kier molecular flexibility index (Phi) is 4.02. The molecule has 1 N–H and O–H groups in total. The van der Waals surface area contributed by atoms with Gasteiger partial charge in [0.2, 0.25) is 0 Å². The number of rotatable bonds is 6. The Balaban J connectivity index is 1.78. The zero-order valence-electron chi connectivity index (χ0n) is 11.1. The highest BCUT2D eigenvalue weighted by atomic mass is 16.5. The van der Waals surface area contributed by atoms with Crippen molar-refractivity contribution in [3.05, 3.63) is 35.9 Å². The standard InChI is InChI=1S/C15H21NO2/c1-12(13-6-4-3-5-7-13)10-16-11-15(8-9-15)14(17)18-2/h3-7,12,16H,8-11H2,1-2H3. The molecule has 1 unspecified atom stereocenters. The van der Waals surface area contributed by atoms with E-state index in [0.717, 1.165) is 25.9 Å². The summed E-state index contributed by atoms with van der Waals surface area (Å²) < 4.78 is 4.84. The van der Waals surface area contributed by atoms with Crippen LogP contribution in [0.2, 0.25) is 0 Å². The topological polar surface area (TPSA) is 38.3 Å². The third kappa shape index (κ3) is 2.91. The van der Waals surface area contributed by atoms with Crippen molar-refractivity contribution in [2.45, 2.75) is 25.7 Å². The van der Waals surface area contributed by atoms with Crippen molar-refractivity contribution in [2.24, 2.45) is 5.41 Å². The van der Waals surface area contributed by atoms with E-state index >= 15 is 0 Å². The summed E-state index contributed by atoms with van der Waals surface area (Å²) in [5.74, 6) is 0.391. The molecule has 1 aliphatic rings. The Hall–Kier alpha value is -1.35. The second kappa shape index (κ2) is 5.53. The molecule has 3 nitrogen and oxygen atoms in total. The summed E-state index contributed by atoms with van der Waals surface area (Å²) in [6, 6.07) is 10.4. The van der Waals surface area contributed by atoms with Crippen LogP contribution in [0.4, 0.5) is 0 Å². The molecule has 0 heterocycles. The van der Waals surface area contributed by atoms with E-state index in [4.69, 9.17) is 4.74 Å². The molecule has 1 aliphatic carbocycles. The van der Waals surface area contributed by atoms with Gasteiger partial charge in [0.05, 0.1) is 12.5 Å². The molecule has 2 rings (SSSR count). The van der Waals surface area contributed by atoms with E-state index in [1.807, 2.05) is 6.07 Å². The Morgan fingerprint density at radius 1 is 1.39 bits per heavy atom. The van der Waals surface area contributed by atoms with Gasteiger partial charge >= 0.3 is 5.97 Å². The molecule has 3 heteroatoms. The quantitative estimate of drug-likeness (QED) is 0.784. The number of nitrogens with one attached hydrogen (secondary N) is 1. The number of hydrogen-bond donors (Lipinski definition) is 1. The van der Waals surface area contributed by atoms with Gasteiger partial charge < -0.3 is 10.1 Å². The molecular weight excluding hydrogens is 226 g/mol. The Labute approximate surface area is 109 Å². The summed E-state index contributed by atoms with van der Waals surface area (Å²) in [6.45, 7) is 3.82. The van der Waals surface area contributed by atoms with Gasteiger partial charge in [-0.25, -0.2) is 0 Å². The van der Waals surface area contributed by atoms with E-state index in [2.05, 4.69) is 36.5 Å². The second-order valence-electron chi connectivity index (χ2n) is 5.21. The maximum Gasteiger partial charge on any atom is 0.313 e. The highest BCUT2D eigenvalue weighted by Gasteiger charge is 2.50. The minimum Gasteiger partial charge on any atom is -0.469 e. The first-order valence-electron chi connectivity index (χ1n) is 6.52. The Bertz CT molecular complexity index is 398. The van der Waals surface area contributed by atoms with E-state index in [0.29, 0.717) is 5.92 Å². The highest BCUT2D eigenvalue weighted by Crippen LogP contribution is 2.46. The van der Waals surface area contributed by atoms with Crippen LogP contribution in [0.5, 0.6) is 0 Å². The zero-order chi connectivity index (χ0) is 13.0. The molecule has 0 radical (unpaired) electrons. The van der Waals surface area contributed by atoms with Crippen molar-refractivity contribution < 1.29 is 9.53 Å². The molecule has 1 saturated carbocycles. The summed E-state index contributed by atoms with van der Waals surface area (Å²) in [7, 11) is 1.47. The molecule has 1 aromatic rings. The predicted octanol–water partition coefficient (Wildman–Crippen LogP) is 2.33. The van der Waals surface area contributed by atoms with Gasteiger partial charge in [-0.15, -0.1) is 0 Å². The monoisotopic (exact) mass is 247 g/mol. The molecule has 0 saturated heterocycles. The molecule has 0 amide bonds. The lowest BCUT2D eigenvalue weighted by Crippen LogP contribution is -2.33. The molecule has 18 heavy (non-hydrogen) atoms. The maximum absolute atomic E-state index is 11.6. The van der Waals surface area contributed by atoms with Crippen LogP contribution in [-0.2, 0) is 9.53 Å². The van der Waals surface area contributed by atoms with E-state index in [1.54, 1.807) is 0 Å². The third-order valence-electron chi connectivity index (χ3n) is 3.75. The van der Waals surface area contributed by atoms with E-state index in [-0.39, 0.29) is 11.4 Å². The largest absolute Gasteiger partial charge is 0.469 e. The molecule has 0 bridgehead atoms. The van der Waals surface area contributed by atoms with E-state index < -0.39 is 0 Å². The Morgan fingerprint density at radius 2 is 2.06 bits per heavy atom. The average Bonchev–Trinajstić information content (AvgIpc) is 3.20. The van der Waals surface area contributed by atoms with Crippen molar-refractivity contribution in [2.75, 3.05) is 20.2 Å². The van der Waals surface area contributed by atoms with E-state index in [1.165, 1.54) is 12.7 Å². The van der Waals surface area contributed by atoms with Gasteiger partial charge in [0.25, 0.3) is 0 Å². The third-order valence-corrected chi connectivity index (χ3v) is 3.75.